The van der Waals surface area contributed by atoms with Gasteiger partial charge in [-0.15, -0.1) is 0 Å². The molecular formula is C9H13ClN2O3S. The summed E-state index contributed by atoms with van der Waals surface area (Å²) in [6.45, 7) is 1.21. The number of hydrogen-bond donors (Lipinski definition) is 3. The van der Waals surface area contributed by atoms with Crippen LogP contribution in [0, 0.1) is 0 Å². The monoisotopic (exact) mass is 264 g/mol. The summed E-state index contributed by atoms with van der Waals surface area (Å²) < 4.78 is 23.5. The van der Waals surface area contributed by atoms with Gasteiger partial charge in [0.2, 0.25) is 0 Å². The largest absolute Gasteiger partial charge is 0.384 e. The number of rotatable bonds is 4. The molecule has 0 amide bonds. The van der Waals surface area contributed by atoms with Crippen LogP contribution in [0.5, 0.6) is 0 Å². The van der Waals surface area contributed by atoms with Gasteiger partial charge in [-0.2, -0.15) is 13.1 Å². The first-order valence-corrected chi connectivity index (χ1v) is 6.39. The van der Waals surface area contributed by atoms with Crippen molar-refractivity contribution in [2.24, 2.45) is 5.14 Å². The number of benzene rings is 1. The van der Waals surface area contributed by atoms with Gasteiger partial charge in [0, 0.05) is 17.1 Å². The maximum atomic E-state index is 10.7. The number of nitrogens with one attached hydrogen (secondary N) is 1. The van der Waals surface area contributed by atoms with Gasteiger partial charge in [0.25, 0.3) is 10.2 Å². The van der Waals surface area contributed by atoms with Crippen molar-refractivity contribution in [2.45, 2.75) is 12.5 Å². The standard InChI is InChI=1S/C9H13ClN2O3S/c1-9(13,6-12-16(11,14)15)7-4-2-3-5-8(7)10/h2-5,12-13H,6H2,1H3,(H2,11,14,15). The van der Waals surface area contributed by atoms with Crippen LogP contribution in [0.2, 0.25) is 5.02 Å². The van der Waals surface area contributed by atoms with Crippen molar-refractivity contribution in [3.63, 3.8) is 0 Å². The molecule has 0 aliphatic carbocycles. The molecule has 1 aromatic carbocycles. The molecule has 16 heavy (non-hydrogen) atoms. The number of hydrogen-bond acceptors (Lipinski definition) is 3. The summed E-state index contributed by atoms with van der Waals surface area (Å²) in [5, 5.41) is 15.2. The van der Waals surface area contributed by atoms with E-state index in [2.05, 4.69) is 0 Å². The fraction of sp³-hybridized carbons (Fsp3) is 0.333. The molecule has 0 fully saturated rings. The van der Waals surface area contributed by atoms with Crippen molar-refractivity contribution >= 4 is 21.8 Å². The smallest absolute Gasteiger partial charge is 0.274 e. The zero-order valence-electron chi connectivity index (χ0n) is 8.64. The Labute approximate surface area is 99.4 Å². The maximum Gasteiger partial charge on any atom is 0.274 e. The molecular weight excluding hydrogens is 252 g/mol. The molecule has 1 unspecified atom stereocenters. The van der Waals surface area contributed by atoms with Crippen LogP contribution >= 0.6 is 11.6 Å². The molecule has 0 heterocycles. The van der Waals surface area contributed by atoms with E-state index in [9.17, 15) is 13.5 Å². The molecule has 1 atom stereocenters. The minimum atomic E-state index is -3.83. The van der Waals surface area contributed by atoms with E-state index in [1.165, 1.54) is 6.92 Å². The molecule has 7 heteroatoms. The Morgan fingerprint density at radius 2 is 2.06 bits per heavy atom. The molecule has 1 rings (SSSR count). The number of aliphatic hydroxyl groups is 1. The molecule has 0 bridgehead atoms. The Bertz CT molecular complexity index is 473. The summed E-state index contributed by atoms with van der Waals surface area (Å²) in [6, 6.07) is 6.65. The topological polar surface area (TPSA) is 92.4 Å². The fourth-order valence-corrected chi connectivity index (χ4v) is 2.06. The van der Waals surface area contributed by atoms with Gasteiger partial charge in [0.15, 0.2) is 0 Å². The molecule has 0 aliphatic heterocycles. The fourth-order valence-electron chi connectivity index (χ4n) is 1.23. The second-order valence-electron chi connectivity index (χ2n) is 3.62. The Hall–Kier alpha value is -0.660. The zero-order chi connectivity index (χ0) is 12.4. The lowest BCUT2D eigenvalue weighted by Crippen LogP contribution is -2.41. The third-order valence-electron chi connectivity index (χ3n) is 2.07. The van der Waals surface area contributed by atoms with Crippen molar-refractivity contribution < 1.29 is 13.5 Å². The van der Waals surface area contributed by atoms with Gasteiger partial charge >= 0.3 is 0 Å². The van der Waals surface area contributed by atoms with Crippen molar-refractivity contribution in [2.75, 3.05) is 6.54 Å². The van der Waals surface area contributed by atoms with Gasteiger partial charge in [-0.3, -0.25) is 0 Å². The average Bonchev–Trinajstić information content (AvgIpc) is 2.14. The summed E-state index contributed by atoms with van der Waals surface area (Å²) in [5.74, 6) is 0. The van der Waals surface area contributed by atoms with Crippen LogP contribution in [0.1, 0.15) is 12.5 Å². The average molecular weight is 265 g/mol. The minimum Gasteiger partial charge on any atom is -0.384 e. The zero-order valence-corrected chi connectivity index (χ0v) is 10.2. The molecule has 0 aromatic heterocycles. The summed E-state index contributed by atoms with van der Waals surface area (Å²) >= 11 is 5.89. The molecule has 1 aromatic rings. The highest BCUT2D eigenvalue weighted by Crippen LogP contribution is 2.27. The van der Waals surface area contributed by atoms with E-state index >= 15 is 0 Å². The lowest BCUT2D eigenvalue weighted by Gasteiger charge is -2.24. The number of nitrogens with two attached hydrogens (primary N) is 1. The normalized spacial score (nSPS) is 15.8. The summed E-state index contributed by atoms with van der Waals surface area (Å²) in [5.41, 5.74) is -0.974. The summed E-state index contributed by atoms with van der Waals surface area (Å²) in [7, 11) is -3.83. The van der Waals surface area contributed by atoms with Crippen molar-refractivity contribution in [3.8, 4) is 0 Å². The predicted molar refractivity (Wildman–Crippen MR) is 62.1 cm³/mol. The minimum absolute atomic E-state index is 0.241. The molecule has 4 N–H and O–H groups in total. The molecule has 0 aliphatic rings. The van der Waals surface area contributed by atoms with Gasteiger partial charge in [-0.05, 0) is 13.0 Å². The molecule has 0 saturated heterocycles. The van der Waals surface area contributed by atoms with Crippen molar-refractivity contribution in [1.82, 2.24) is 4.72 Å². The van der Waals surface area contributed by atoms with Crippen molar-refractivity contribution in [3.05, 3.63) is 34.9 Å². The Morgan fingerprint density at radius 3 is 2.56 bits per heavy atom. The Balaban J connectivity index is 2.90. The molecule has 90 valence electrons. The van der Waals surface area contributed by atoms with Crippen LogP contribution < -0.4 is 9.86 Å². The van der Waals surface area contributed by atoms with Crippen molar-refractivity contribution in [1.29, 1.82) is 0 Å². The van der Waals surface area contributed by atoms with E-state index in [-0.39, 0.29) is 6.54 Å². The molecule has 0 saturated carbocycles. The van der Waals surface area contributed by atoms with Crippen LogP contribution in [0.25, 0.3) is 0 Å². The van der Waals surface area contributed by atoms with Gasteiger partial charge in [0.05, 0.1) is 0 Å². The van der Waals surface area contributed by atoms with Crippen LogP contribution in [-0.2, 0) is 15.8 Å². The first kappa shape index (κ1) is 13.4. The third kappa shape index (κ3) is 3.73. The maximum absolute atomic E-state index is 10.7. The Kier molecular flexibility index (Phi) is 3.92. The second-order valence-corrected chi connectivity index (χ2v) is 5.41. The molecule has 0 spiro atoms. The highest BCUT2D eigenvalue weighted by atomic mass is 35.5. The van der Waals surface area contributed by atoms with E-state index in [0.717, 1.165) is 0 Å². The summed E-state index contributed by atoms with van der Waals surface area (Å²) in [4.78, 5) is 0. The van der Waals surface area contributed by atoms with Crippen LogP contribution in [-0.4, -0.2) is 20.1 Å². The molecule has 5 nitrogen and oxygen atoms in total. The van der Waals surface area contributed by atoms with E-state index in [1.807, 2.05) is 4.72 Å². The Morgan fingerprint density at radius 1 is 1.50 bits per heavy atom. The van der Waals surface area contributed by atoms with Crippen LogP contribution in [0.4, 0.5) is 0 Å². The number of halogens is 1. The van der Waals surface area contributed by atoms with Gasteiger partial charge in [-0.1, -0.05) is 29.8 Å². The van der Waals surface area contributed by atoms with Gasteiger partial charge in [-0.25, -0.2) is 5.14 Å². The lowest BCUT2D eigenvalue weighted by molar-refractivity contribution is 0.0628. The van der Waals surface area contributed by atoms with Gasteiger partial charge in [0.1, 0.15) is 5.60 Å². The SMILES string of the molecule is CC(O)(CNS(N)(=O)=O)c1ccccc1Cl. The highest BCUT2D eigenvalue weighted by Gasteiger charge is 2.26. The predicted octanol–water partition coefficient (Wildman–Crippen LogP) is 0.341. The third-order valence-corrected chi connectivity index (χ3v) is 2.95. The quantitative estimate of drug-likeness (QED) is 0.732. The highest BCUT2D eigenvalue weighted by molar-refractivity contribution is 7.87. The van der Waals surface area contributed by atoms with Gasteiger partial charge < -0.3 is 5.11 Å². The summed E-state index contributed by atoms with van der Waals surface area (Å²) in [6.07, 6.45) is 0. The first-order chi connectivity index (χ1) is 7.22. The molecule has 0 radical (unpaired) electrons. The second kappa shape index (κ2) is 4.68. The van der Waals surface area contributed by atoms with Crippen LogP contribution in [0.15, 0.2) is 24.3 Å². The van der Waals surface area contributed by atoms with E-state index < -0.39 is 15.8 Å². The van der Waals surface area contributed by atoms with E-state index in [4.69, 9.17) is 16.7 Å². The van der Waals surface area contributed by atoms with E-state index in [1.54, 1.807) is 24.3 Å². The van der Waals surface area contributed by atoms with Crippen LogP contribution in [0.3, 0.4) is 0 Å². The lowest BCUT2D eigenvalue weighted by atomic mass is 9.96. The van der Waals surface area contributed by atoms with E-state index in [0.29, 0.717) is 10.6 Å². The first-order valence-electron chi connectivity index (χ1n) is 4.47.